The number of carboxylic acids is 1. The van der Waals surface area contributed by atoms with Gasteiger partial charge in [-0.05, 0) is 23.8 Å². The van der Waals surface area contributed by atoms with Crippen molar-refractivity contribution in [1.82, 2.24) is 4.98 Å². The van der Waals surface area contributed by atoms with Gasteiger partial charge in [-0.3, -0.25) is 0 Å². The van der Waals surface area contributed by atoms with Crippen LogP contribution in [0, 0.1) is 0 Å². The lowest BCUT2D eigenvalue weighted by atomic mass is 10.1. The van der Waals surface area contributed by atoms with Crippen LogP contribution in [0.1, 0.15) is 16.1 Å². The Kier molecular flexibility index (Phi) is 4.04. The van der Waals surface area contributed by atoms with Crippen molar-refractivity contribution in [3.05, 3.63) is 64.9 Å². The maximum Gasteiger partial charge on any atom is 0.358 e. The number of nitrogens with zero attached hydrogens (tertiary/aromatic N) is 1. The zero-order valence-corrected chi connectivity index (χ0v) is 12.6. The van der Waals surface area contributed by atoms with Gasteiger partial charge in [-0.2, -0.15) is 0 Å². The van der Waals surface area contributed by atoms with E-state index in [0.717, 1.165) is 5.56 Å². The van der Waals surface area contributed by atoms with Crippen LogP contribution in [0.15, 0.2) is 48.5 Å². The van der Waals surface area contributed by atoms with Crippen LogP contribution in [0.4, 0.5) is 0 Å². The molecular weight excluding hydrogens is 318 g/mol. The third kappa shape index (κ3) is 3.05. The van der Waals surface area contributed by atoms with Crippen LogP contribution in [0.5, 0.6) is 11.5 Å². The van der Waals surface area contributed by atoms with Crippen molar-refractivity contribution < 1.29 is 19.7 Å². The number of hydrogen-bond acceptors (Lipinski definition) is 4. The van der Waals surface area contributed by atoms with E-state index >= 15 is 0 Å². The van der Waals surface area contributed by atoms with Crippen molar-refractivity contribution in [2.24, 2.45) is 0 Å². The summed E-state index contributed by atoms with van der Waals surface area (Å²) in [6, 6.07) is 14.5. The van der Waals surface area contributed by atoms with E-state index in [4.69, 9.17) is 21.4 Å². The van der Waals surface area contributed by atoms with Gasteiger partial charge in [0.25, 0.3) is 0 Å². The molecule has 1 heterocycles. The summed E-state index contributed by atoms with van der Waals surface area (Å²) >= 11 is 6.03. The SMILES string of the molecule is O=C(O)c1nc(Cl)c2cc(OCc3ccccc3)ccc2c1O. The molecule has 0 radical (unpaired) electrons. The molecule has 0 aliphatic carbocycles. The van der Waals surface area contributed by atoms with Crippen LogP contribution >= 0.6 is 11.6 Å². The van der Waals surface area contributed by atoms with Gasteiger partial charge in [-0.25, -0.2) is 9.78 Å². The number of aromatic carboxylic acids is 1. The minimum absolute atomic E-state index is 0.000334. The van der Waals surface area contributed by atoms with Gasteiger partial charge in [0.05, 0.1) is 0 Å². The van der Waals surface area contributed by atoms with Crippen LogP contribution in [-0.4, -0.2) is 21.2 Å². The molecule has 0 aliphatic rings. The molecule has 23 heavy (non-hydrogen) atoms. The van der Waals surface area contributed by atoms with Crippen LogP contribution in [0.3, 0.4) is 0 Å². The summed E-state index contributed by atoms with van der Waals surface area (Å²) in [5, 5.41) is 19.8. The van der Waals surface area contributed by atoms with Gasteiger partial charge >= 0.3 is 5.97 Å². The van der Waals surface area contributed by atoms with Crippen molar-refractivity contribution in [2.45, 2.75) is 6.61 Å². The average Bonchev–Trinajstić information content (AvgIpc) is 2.57. The predicted octanol–water partition coefficient (Wildman–Crippen LogP) is 3.87. The second-order valence-corrected chi connectivity index (χ2v) is 5.24. The van der Waals surface area contributed by atoms with E-state index in [0.29, 0.717) is 23.1 Å². The van der Waals surface area contributed by atoms with E-state index in [2.05, 4.69) is 4.98 Å². The molecule has 116 valence electrons. The highest BCUT2D eigenvalue weighted by Gasteiger charge is 2.18. The molecule has 3 aromatic rings. The molecule has 0 spiro atoms. The predicted molar refractivity (Wildman–Crippen MR) is 86.2 cm³/mol. The molecule has 0 bridgehead atoms. The summed E-state index contributed by atoms with van der Waals surface area (Å²) in [5.41, 5.74) is 0.543. The summed E-state index contributed by atoms with van der Waals surface area (Å²) in [6.45, 7) is 0.386. The number of halogens is 1. The number of carboxylic acid groups (broad SMARTS) is 1. The molecule has 0 unspecified atom stereocenters. The number of ether oxygens (including phenoxy) is 1. The number of aromatic hydroxyl groups is 1. The summed E-state index contributed by atoms with van der Waals surface area (Å²) in [7, 11) is 0. The first-order chi connectivity index (χ1) is 11.1. The van der Waals surface area contributed by atoms with E-state index < -0.39 is 17.4 Å². The van der Waals surface area contributed by atoms with E-state index in [1.54, 1.807) is 18.2 Å². The summed E-state index contributed by atoms with van der Waals surface area (Å²) in [4.78, 5) is 14.8. The maximum absolute atomic E-state index is 11.0. The van der Waals surface area contributed by atoms with Crippen molar-refractivity contribution in [3.63, 3.8) is 0 Å². The first-order valence-corrected chi connectivity index (χ1v) is 7.16. The highest BCUT2D eigenvalue weighted by molar-refractivity contribution is 6.34. The molecule has 6 heteroatoms. The number of hydrogen-bond donors (Lipinski definition) is 2. The molecule has 0 aliphatic heterocycles. The van der Waals surface area contributed by atoms with Crippen molar-refractivity contribution in [2.75, 3.05) is 0 Å². The Balaban J connectivity index is 1.94. The first kappa shape index (κ1) is 15.1. The molecular formula is C17H12ClNO4. The van der Waals surface area contributed by atoms with E-state index in [1.165, 1.54) is 0 Å². The van der Waals surface area contributed by atoms with E-state index in [1.807, 2.05) is 30.3 Å². The molecule has 3 rings (SSSR count). The summed E-state index contributed by atoms with van der Waals surface area (Å²) in [6.07, 6.45) is 0. The van der Waals surface area contributed by atoms with Gasteiger partial charge in [-0.1, -0.05) is 41.9 Å². The Bertz CT molecular complexity index is 881. The number of benzene rings is 2. The zero-order valence-electron chi connectivity index (χ0n) is 11.9. The lowest BCUT2D eigenvalue weighted by Gasteiger charge is -2.10. The van der Waals surface area contributed by atoms with Gasteiger partial charge < -0.3 is 14.9 Å². The molecule has 0 amide bonds. The molecule has 0 saturated carbocycles. The fourth-order valence-electron chi connectivity index (χ4n) is 2.22. The van der Waals surface area contributed by atoms with Crippen molar-refractivity contribution in [1.29, 1.82) is 0 Å². The number of aromatic nitrogens is 1. The highest BCUT2D eigenvalue weighted by Crippen LogP contribution is 2.34. The fraction of sp³-hybridized carbons (Fsp3) is 0.0588. The second kappa shape index (κ2) is 6.14. The molecule has 2 N–H and O–H groups in total. The Hall–Kier alpha value is -2.79. The Morgan fingerprint density at radius 3 is 2.57 bits per heavy atom. The van der Waals surface area contributed by atoms with Gasteiger partial charge in [0.15, 0.2) is 11.4 Å². The molecule has 2 aromatic carbocycles. The highest BCUT2D eigenvalue weighted by atomic mass is 35.5. The third-order valence-electron chi connectivity index (χ3n) is 3.35. The number of carbonyl (C=O) groups is 1. The van der Waals surface area contributed by atoms with Gasteiger partial charge in [0, 0.05) is 10.8 Å². The van der Waals surface area contributed by atoms with Gasteiger partial charge in [-0.15, -0.1) is 0 Å². The average molecular weight is 330 g/mol. The zero-order chi connectivity index (χ0) is 16.4. The molecule has 0 fully saturated rings. The Morgan fingerprint density at radius 1 is 1.13 bits per heavy atom. The van der Waals surface area contributed by atoms with Crippen LogP contribution in [0.25, 0.3) is 10.8 Å². The first-order valence-electron chi connectivity index (χ1n) is 6.78. The largest absolute Gasteiger partial charge is 0.505 e. The van der Waals surface area contributed by atoms with E-state index in [9.17, 15) is 9.90 Å². The quantitative estimate of drug-likeness (QED) is 0.710. The van der Waals surface area contributed by atoms with Crippen LogP contribution in [-0.2, 0) is 6.61 Å². The standard InChI is InChI=1S/C17H12ClNO4/c18-16-13-8-11(23-9-10-4-2-1-3-5-10)6-7-12(13)15(20)14(19-16)17(21)22/h1-8,20H,9H2,(H,21,22). The van der Waals surface area contributed by atoms with Crippen LogP contribution in [0.2, 0.25) is 5.15 Å². The van der Waals surface area contributed by atoms with Crippen molar-refractivity contribution in [3.8, 4) is 11.5 Å². The monoisotopic (exact) mass is 329 g/mol. The topological polar surface area (TPSA) is 79.7 Å². The smallest absolute Gasteiger partial charge is 0.358 e. The number of rotatable bonds is 4. The van der Waals surface area contributed by atoms with Gasteiger partial charge in [0.2, 0.25) is 0 Å². The lowest BCUT2D eigenvalue weighted by molar-refractivity contribution is 0.0687. The van der Waals surface area contributed by atoms with Gasteiger partial charge in [0.1, 0.15) is 17.5 Å². The molecule has 5 nitrogen and oxygen atoms in total. The lowest BCUT2D eigenvalue weighted by Crippen LogP contribution is -2.02. The molecule has 1 aromatic heterocycles. The summed E-state index contributed by atoms with van der Waals surface area (Å²) < 4.78 is 5.69. The maximum atomic E-state index is 11.0. The molecule has 0 atom stereocenters. The number of fused-ring (bicyclic) bond motifs is 1. The van der Waals surface area contributed by atoms with Crippen LogP contribution < -0.4 is 4.74 Å². The minimum Gasteiger partial charge on any atom is -0.505 e. The second-order valence-electron chi connectivity index (χ2n) is 4.89. The minimum atomic E-state index is -1.34. The molecule has 0 saturated heterocycles. The third-order valence-corrected chi connectivity index (χ3v) is 3.64. The van der Waals surface area contributed by atoms with E-state index in [-0.39, 0.29) is 5.15 Å². The fourth-order valence-corrected chi connectivity index (χ4v) is 2.46. The van der Waals surface area contributed by atoms with Crippen molar-refractivity contribution >= 4 is 28.3 Å². The Morgan fingerprint density at radius 2 is 1.87 bits per heavy atom. The normalized spacial score (nSPS) is 10.7. The summed E-state index contributed by atoms with van der Waals surface area (Å²) in [5.74, 6) is -1.20. The Labute approximate surface area is 136 Å². The number of pyridine rings is 1.